The van der Waals surface area contributed by atoms with E-state index in [1.165, 1.54) is 0 Å². The van der Waals surface area contributed by atoms with Crippen LogP contribution in [-0.2, 0) is 6.54 Å². The van der Waals surface area contributed by atoms with E-state index in [0.29, 0.717) is 5.76 Å². The molecule has 3 heteroatoms. The monoisotopic (exact) mass is 177 g/mol. The van der Waals surface area contributed by atoms with Crippen LogP contribution in [-0.4, -0.2) is 5.11 Å². The van der Waals surface area contributed by atoms with Gasteiger partial charge in [-0.3, -0.25) is 0 Å². The van der Waals surface area contributed by atoms with Gasteiger partial charge in [0.25, 0.3) is 0 Å². The molecule has 0 aliphatic rings. The highest BCUT2D eigenvalue weighted by molar-refractivity contribution is 5.87. The molecule has 1 aromatic heterocycles. The van der Waals surface area contributed by atoms with Gasteiger partial charge in [0, 0.05) is 0 Å². The lowest BCUT2D eigenvalue weighted by Gasteiger charge is -1.91. The Labute approximate surface area is 75.8 Å². The number of rotatable bonds is 1. The molecule has 0 unspecified atom stereocenters. The summed E-state index contributed by atoms with van der Waals surface area (Å²) in [6.45, 7) is 2.16. The van der Waals surface area contributed by atoms with Crippen molar-refractivity contribution in [3.05, 3.63) is 29.5 Å². The first-order chi connectivity index (χ1) is 6.24. The van der Waals surface area contributed by atoms with Crippen LogP contribution in [0.4, 0.5) is 0 Å². The molecular weight excluding hydrogens is 166 g/mol. The predicted octanol–water partition coefficient (Wildman–Crippen LogP) is 1.91. The number of nitrogens with two attached hydrogens (primary N) is 1. The zero-order valence-corrected chi connectivity index (χ0v) is 7.37. The highest BCUT2D eigenvalue weighted by Gasteiger charge is 2.12. The molecule has 0 bridgehead atoms. The number of aromatic hydroxyl groups is 1. The Morgan fingerprint density at radius 2 is 2.23 bits per heavy atom. The first kappa shape index (κ1) is 8.13. The van der Waals surface area contributed by atoms with Crippen LogP contribution < -0.4 is 5.73 Å². The Morgan fingerprint density at radius 1 is 1.46 bits per heavy atom. The van der Waals surface area contributed by atoms with Gasteiger partial charge in [-0.05, 0) is 18.6 Å². The summed E-state index contributed by atoms with van der Waals surface area (Å²) in [5.74, 6) is 0.616. The molecule has 0 atom stereocenters. The number of fused-ring (bicyclic) bond motifs is 1. The molecule has 0 radical (unpaired) electrons. The third-order valence-electron chi connectivity index (χ3n) is 2.14. The van der Waals surface area contributed by atoms with Gasteiger partial charge < -0.3 is 15.3 Å². The van der Waals surface area contributed by atoms with E-state index in [1.807, 2.05) is 25.1 Å². The van der Waals surface area contributed by atoms with E-state index in [0.717, 1.165) is 16.5 Å². The first-order valence-corrected chi connectivity index (χ1v) is 4.14. The summed E-state index contributed by atoms with van der Waals surface area (Å²) >= 11 is 0. The van der Waals surface area contributed by atoms with Crippen LogP contribution in [0.15, 0.2) is 22.6 Å². The van der Waals surface area contributed by atoms with E-state index < -0.39 is 0 Å². The first-order valence-electron chi connectivity index (χ1n) is 4.14. The molecule has 13 heavy (non-hydrogen) atoms. The highest BCUT2D eigenvalue weighted by Crippen LogP contribution is 2.33. The average molecular weight is 177 g/mol. The molecule has 0 amide bonds. The third-order valence-corrected chi connectivity index (χ3v) is 2.14. The second-order valence-electron chi connectivity index (χ2n) is 3.03. The zero-order valence-electron chi connectivity index (χ0n) is 7.37. The molecule has 0 saturated heterocycles. The van der Waals surface area contributed by atoms with Gasteiger partial charge in [0.15, 0.2) is 11.5 Å². The maximum absolute atomic E-state index is 9.64. The fraction of sp³-hybridized carbons (Fsp3) is 0.200. The predicted molar refractivity (Wildman–Crippen MR) is 50.5 cm³/mol. The lowest BCUT2D eigenvalue weighted by atomic mass is 10.1. The third kappa shape index (κ3) is 1.09. The van der Waals surface area contributed by atoms with E-state index in [-0.39, 0.29) is 12.3 Å². The molecule has 0 spiro atoms. The standard InChI is InChI=1S/C10H11NO2/c1-6-3-2-4-7-9(12)8(5-11)13-10(6)7/h2-4,12H,5,11H2,1H3. The van der Waals surface area contributed by atoms with Gasteiger partial charge in [-0.15, -0.1) is 0 Å². The van der Waals surface area contributed by atoms with Gasteiger partial charge in [-0.1, -0.05) is 12.1 Å². The van der Waals surface area contributed by atoms with Gasteiger partial charge in [0.1, 0.15) is 5.58 Å². The summed E-state index contributed by atoms with van der Waals surface area (Å²) < 4.78 is 5.40. The quantitative estimate of drug-likeness (QED) is 0.699. The van der Waals surface area contributed by atoms with E-state index >= 15 is 0 Å². The number of furan rings is 1. The topological polar surface area (TPSA) is 59.4 Å². The van der Waals surface area contributed by atoms with Crippen molar-refractivity contribution in [3.63, 3.8) is 0 Å². The molecule has 1 heterocycles. The van der Waals surface area contributed by atoms with Gasteiger partial charge in [-0.2, -0.15) is 0 Å². The maximum atomic E-state index is 9.64. The summed E-state index contributed by atoms with van der Waals surface area (Å²) in [6.07, 6.45) is 0. The number of hydrogen-bond donors (Lipinski definition) is 2. The minimum Gasteiger partial charge on any atom is -0.504 e. The number of para-hydroxylation sites is 1. The van der Waals surface area contributed by atoms with Crippen LogP contribution >= 0.6 is 0 Å². The largest absolute Gasteiger partial charge is 0.504 e. The summed E-state index contributed by atoms with van der Waals surface area (Å²) in [5.41, 5.74) is 7.14. The molecule has 2 aromatic rings. The molecule has 0 aliphatic carbocycles. The van der Waals surface area contributed by atoms with Crippen molar-refractivity contribution in [1.82, 2.24) is 0 Å². The second kappa shape index (κ2) is 2.78. The lowest BCUT2D eigenvalue weighted by Crippen LogP contribution is -1.93. The molecule has 0 saturated carbocycles. The van der Waals surface area contributed by atoms with E-state index in [1.54, 1.807) is 0 Å². The SMILES string of the molecule is Cc1cccc2c(O)c(CN)oc12. The normalized spacial score (nSPS) is 10.9. The van der Waals surface area contributed by atoms with Crippen molar-refractivity contribution in [2.24, 2.45) is 5.73 Å². The van der Waals surface area contributed by atoms with Gasteiger partial charge in [0.05, 0.1) is 11.9 Å². The number of benzene rings is 1. The van der Waals surface area contributed by atoms with Crippen LogP contribution in [0.5, 0.6) is 5.75 Å². The van der Waals surface area contributed by atoms with Crippen molar-refractivity contribution in [2.75, 3.05) is 0 Å². The molecule has 3 N–H and O–H groups in total. The molecule has 0 fully saturated rings. The smallest absolute Gasteiger partial charge is 0.166 e. The molecule has 68 valence electrons. The number of aryl methyl sites for hydroxylation is 1. The summed E-state index contributed by atoms with van der Waals surface area (Å²) in [5, 5.41) is 10.4. The minimum atomic E-state index is 0.168. The Morgan fingerprint density at radius 3 is 2.85 bits per heavy atom. The summed E-state index contributed by atoms with van der Waals surface area (Å²) in [4.78, 5) is 0. The van der Waals surface area contributed by atoms with Crippen LogP contribution in [0.1, 0.15) is 11.3 Å². The summed E-state index contributed by atoms with van der Waals surface area (Å²) in [6, 6.07) is 5.64. The lowest BCUT2D eigenvalue weighted by molar-refractivity contribution is 0.441. The highest BCUT2D eigenvalue weighted by atomic mass is 16.4. The van der Waals surface area contributed by atoms with Crippen molar-refractivity contribution in [1.29, 1.82) is 0 Å². The van der Waals surface area contributed by atoms with Crippen LogP contribution in [0, 0.1) is 6.92 Å². The van der Waals surface area contributed by atoms with E-state index in [2.05, 4.69) is 0 Å². The van der Waals surface area contributed by atoms with Gasteiger partial charge in [0.2, 0.25) is 0 Å². The van der Waals surface area contributed by atoms with Crippen LogP contribution in [0.3, 0.4) is 0 Å². The van der Waals surface area contributed by atoms with Crippen molar-refractivity contribution < 1.29 is 9.52 Å². The van der Waals surface area contributed by atoms with Crippen molar-refractivity contribution in [2.45, 2.75) is 13.5 Å². The van der Waals surface area contributed by atoms with Crippen molar-refractivity contribution in [3.8, 4) is 5.75 Å². The maximum Gasteiger partial charge on any atom is 0.166 e. The molecule has 2 rings (SSSR count). The van der Waals surface area contributed by atoms with Gasteiger partial charge >= 0.3 is 0 Å². The summed E-state index contributed by atoms with van der Waals surface area (Å²) in [7, 11) is 0. The molecular formula is C10H11NO2. The van der Waals surface area contributed by atoms with Crippen molar-refractivity contribution >= 4 is 11.0 Å². The Kier molecular flexibility index (Phi) is 1.74. The Bertz CT molecular complexity index is 445. The van der Waals surface area contributed by atoms with Crippen LogP contribution in [0.2, 0.25) is 0 Å². The fourth-order valence-corrected chi connectivity index (χ4v) is 1.43. The molecule has 3 nitrogen and oxygen atoms in total. The van der Waals surface area contributed by atoms with Crippen LogP contribution in [0.25, 0.3) is 11.0 Å². The van der Waals surface area contributed by atoms with E-state index in [4.69, 9.17) is 10.2 Å². The molecule has 1 aromatic carbocycles. The van der Waals surface area contributed by atoms with Gasteiger partial charge in [-0.25, -0.2) is 0 Å². The number of hydrogen-bond acceptors (Lipinski definition) is 3. The van der Waals surface area contributed by atoms with E-state index in [9.17, 15) is 5.11 Å². The second-order valence-corrected chi connectivity index (χ2v) is 3.03. The molecule has 0 aliphatic heterocycles. The average Bonchev–Trinajstić information content (AvgIpc) is 2.45. The fourth-order valence-electron chi connectivity index (χ4n) is 1.43. The minimum absolute atomic E-state index is 0.168. The Hall–Kier alpha value is -1.48. The zero-order chi connectivity index (χ0) is 9.42. The Balaban J connectivity index is 2.83.